The van der Waals surface area contributed by atoms with Gasteiger partial charge in [-0.1, -0.05) is 18.2 Å². The Morgan fingerprint density at radius 3 is 2.56 bits per heavy atom. The van der Waals surface area contributed by atoms with Gasteiger partial charge in [-0.25, -0.2) is 0 Å². The molecule has 2 rings (SSSR count). The second-order valence-electron chi connectivity index (χ2n) is 5.52. The molecular formula is C19H27IN4O. The van der Waals surface area contributed by atoms with Crippen LogP contribution in [0.25, 0.3) is 0 Å². The summed E-state index contributed by atoms with van der Waals surface area (Å²) in [6.07, 6.45) is 4.61. The molecule has 1 aromatic carbocycles. The molecule has 1 aromatic heterocycles. The highest BCUT2D eigenvalue weighted by molar-refractivity contribution is 14.0. The first-order chi connectivity index (χ1) is 11.7. The van der Waals surface area contributed by atoms with Crippen LogP contribution in [0.2, 0.25) is 0 Å². The van der Waals surface area contributed by atoms with Gasteiger partial charge in [0, 0.05) is 39.6 Å². The molecule has 0 amide bonds. The fraction of sp³-hybridized carbons (Fsp3) is 0.368. The molecule has 0 aliphatic heterocycles. The largest absolute Gasteiger partial charge is 0.494 e. The van der Waals surface area contributed by atoms with E-state index in [1.54, 1.807) is 13.2 Å². The number of halogens is 1. The number of guanidine groups is 1. The molecule has 0 radical (unpaired) electrons. The van der Waals surface area contributed by atoms with Crippen LogP contribution in [0.4, 0.5) is 0 Å². The fourth-order valence-corrected chi connectivity index (χ4v) is 2.46. The molecule has 0 aliphatic rings. The molecule has 0 unspecified atom stereocenters. The lowest BCUT2D eigenvalue weighted by atomic mass is 10.2. The standard InChI is InChI=1S/C19H26N4O.HI/c1-4-24-18-9-7-17(8-10-18)15-23(3)19(20-2)22-13-11-16-6-5-12-21-14-16;/h5-10,12,14H,4,11,13,15H2,1-3H3,(H,20,22);1H. The summed E-state index contributed by atoms with van der Waals surface area (Å²) in [6.45, 7) is 4.29. The van der Waals surface area contributed by atoms with Crippen molar-refractivity contribution in [3.8, 4) is 5.75 Å². The van der Waals surface area contributed by atoms with Crippen molar-refractivity contribution in [2.24, 2.45) is 4.99 Å². The molecule has 6 heteroatoms. The van der Waals surface area contributed by atoms with Crippen LogP contribution in [0.5, 0.6) is 5.75 Å². The van der Waals surface area contributed by atoms with Crippen molar-refractivity contribution in [3.05, 3.63) is 59.9 Å². The molecule has 25 heavy (non-hydrogen) atoms. The molecule has 1 N–H and O–H groups in total. The second-order valence-corrected chi connectivity index (χ2v) is 5.52. The lowest BCUT2D eigenvalue weighted by Crippen LogP contribution is -2.39. The van der Waals surface area contributed by atoms with Crippen molar-refractivity contribution in [3.63, 3.8) is 0 Å². The highest BCUT2D eigenvalue weighted by Gasteiger charge is 2.06. The monoisotopic (exact) mass is 454 g/mol. The highest BCUT2D eigenvalue weighted by Crippen LogP contribution is 2.13. The van der Waals surface area contributed by atoms with Crippen molar-refractivity contribution in [1.29, 1.82) is 0 Å². The first-order valence-electron chi connectivity index (χ1n) is 8.25. The summed E-state index contributed by atoms with van der Waals surface area (Å²) in [5.41, 5.74) is 2.44. The number of nitrogens with zero attached hydrogens (tertiary/aromatic N) is 3. The maximum absolute atomic E-state index is 5.47. The van der Waals surface area contributed by atoms with Gasteiger partial charge in [-0.3, -0.25) is 9.98 Å². The van der Waals surface area contributed by atoms with Crippen molar-refractivity contribution in [2.45, 2.75) is 19.9 Å². The van der Waals surface area contributed by atoms with Gasteiger partial charge in [-0.15, -0.1) is 24.0 Å². The normalized spacial score (nSPS) is 10.8. The van der Waals surface area contributed by atoms with Crippen molar-refractivity contribution < 1.29 is 4.74 Å². The zero-order valence-corrected chi connectivity index (χ0v) is 17.4. The van der Waals surface area contributed by atoms with Crippen LogP contribution in [0.3, 0.4) is 0 Å². The average molecular weight is 454 g/mol. The lowest BCUT2D eigenvalue weighted by Gasteiger charge is -2.22. The summed E-state index contributed by atoms with van der Waals surface area (Å²) in [5, 5.41) is 3.39. The predicted octanol–water partition coefficient (Wildman–Crippen LogP) is 3.35. The molecule has 0 atom stereocenters. The first kappa shape index (κ1) is 21.2. The number of pyridine rings is 1. The smallest absolute Gasteiger partial charge is 0.193 e. The van der Waals surface area contributed by atoms with E-state index < -0.39 is 0 Å². The molecule has 0 saturated heterocycles. The van der Waals surface area contributed by atoms with Crippen LogP contribution in [0, 0.1) is 0 Å². The molecule has 0 bridgehead atoms. The van der Waals surface area contributed by atoms with Gasteiger partial charge in [0.15, 0.2) is 5.96 Å². The number of ether oxygens (including phenoxy) is 1. The van der Waals surface area contributed by atoms with Crippen molar-refractivity contribution in [1.82, 2.24) is 15.2 Å². The molecule has 2 aromatic rings. The minimum absolute atomic E-state index is 0. The number of rotatable bonds is 7. The van der Waals surface area contributed by atoms with E-state index in [-0.39, 0.29) is 24.0 Å². The second kappa shape index (κ2) is 11.7. The van der Waals surface area contributed by atoms with Gasteiger partial charge in [0.05, 0.1) is 6.61 Å². The molecule has 0 fully saturated rings. The van der Waals surface area contributed by atoms with E-state index >= 15 is 0 Å². The summed E-state index contributed by atoms with van der Waals surface area (Å²) < 4.78 is 5.47. The van der Waals surface area contributed by atoms with Gasteiger partial charge in [-0.05, 0) is 42.7 Å². The van der Waals surface area contributed by atoms with Crippen LogP contribution in [0.1, 0.15) is 18.1 Å². The number of benzene rings is 1. The van der Waals surface area contributed by atoms with Crippen LogP contribution < -0.4 is 10.1 Å². The Balaban J connectivity index is 0.00000312. The molecular weight excluding hydrogens is 427 g/mol. The topological polar surface area (TPSA) is 49.8 Å². The van der Waals surface area contributed by atoms with Gasteiger partial charge < -0.3 is 15.0 Å². The lowest BCUT2D eigenvalue weighted by molar-refractivity contribution is 0.340. The highest BCUT2D eigenvalue weighted by atomic mass is 127. The third-order valence-electron chi connectivity index (χ3n) is 3.65. The van der Waals surface area contributed by atoms with Gasteiger partial charge >= 0.3 is 0 Å². The summed E-state index contributed by atoms with van der Waals surface area (Å²) in [5.74, 6) is 1.79. The van der Waals surface area contributed by atoms with E-state index in [0.29, 0.717) is 6.61 Å². The Labute approximate surface area is 167 Å². The number of hydrogen-bond donors (Lipinski definition) is 1. The van der Waals surface area contributed by atoms with Gasteiger partial charge in [0.1, 0.15) is 5.75 Å². The number of nitrogens with one attached hydrogen (secondary N) is 1. The van der Waals surface area contributed by atoms with E-state index in [4.69, 9.17) is 4.74 Å². The van der Waals surface area contributed by atoms with E-state index in [9.17, 15) is 0 Å². The summed E-state index contributed by atoms with van der Waals surface area (Å²) in [7, 11) is 3.84. The summed E-state index contributed by atoms with van der Waals surface area (Å²) in [6, 6.07) is 12.2. The van der Waals surface area contributed by atoms with Gasteiger partial charge in [-0.2, -0.15) is 0 Å². The predicted molar refractivity (Wildman–Crippen MR) is 114 cm³/mol. The van der Waals surface area contributed by atoms with E-state index in [2.05, 4.69) is 38.4 Å². The summed E-state index contributed by atoms with van der Waals surface area (Å²) >= 11 is 0. The Hall–Kier alpha value is -1.83. The minimum Gasteiger partial charge on any atom is -0.494 e. The maximum Gasteiger partial charge on any atom is 0.193 e. The maximum atomic E-state index is 5.47. The molecule has 1 heterocycles. The number of hydrogen-bond acceptors (Lipinski definition) is 3. The number of aromatic nitrogens is 1. The molecule has 0 saturated carbocycles. The van der Waals surface area contributed by atoms with Crippen molar-refractivity contribution in [2.75, 3.05) is 27.2 Å². The SMILES string of the molecule is CCOc1ccc(CN(C)C(=NC)NCCc2cccnc2)cc1.I. The quantitative estimate of drug-likeness (QED) is 0.396. The van der Waals surface area contributed by atoms with E-state index in [0.717, 1.165) is 31.2 Å². The van der Waals surface area contributed by atoms with Gasteiger partial charge in [0.2, 0.25) is 0 Å². The van der Waals surface area contributed by atoms with Crippen molar-refractivity contribution >= 4 is 29.9 Å². The number of aliphatic imine (C=N–C) groups is 1. The Bertz CT molecular complexity index is 632. The average Bonchev–Trinajstić information content (AvgIpc) is 2.61. The molecule has 0 spiro atoms. The Kier molecular flexibility index (Phi) is 9.91. The van der Waals surface area contributed by atoms with Gasteiger partial charge in [0.25, 0.3) is 0 Å². The molecule has 5 nitrogen and oxygen atoms in total. The van der Waals surface area contributed by atoms with E-state index in [1.807, 2.05) is 38.4 Å². The van der Waals surface area contributed by atoms with Crippen LogP contribution >= 0.6 is 24.0 Å². The first-order valence-corrected chi connectivity index (χ1v) is 8.25. The van der Waals surface area contributed by atoms with Crippen LogP contribution in [0.15, 0.2) is 53.8 Å². The summed E-state index contributed by atoms with van der Waals surface area (Å²) in [4.78, 5) is 10.6. The van der Waals surface area contributed by atoms with E-state index in [1.165, 1.54) is 11.1 Å². The third-order valence-corrected chi connectivity index (χ3v) is 3.65. The Morgan fingerprint density at radius 1 is 1.20 bits per heavy atom. The van der Waals surface area contributed by atoms with Crippen LogP contribution in [-0.2, 0) is 13.0 Å². The van der Waals surface area contributed by atoms with Crippen LogP contribution in [-0.4, -0.2) is 43.1 Å². The fourth-order valence-electron chi connectivity index (χ4n) is 2.46. The zero-order valence-electron chi connectivity index (χ0n) is 15.1. The Morgan fingerprint density at radius 2 is 1.96 bits per heavy atom. The molecule has 136 valence electrons. The molecule has 0 aliphatic carbocycles. The third kappa shape index (κ3) is 7.29. The minimum atomic E-state index is 0. The zero-order chi connectivity index (χ0) is 17.2.